The van der Waals surface area contributed by atoms with Crippen molar-refractivity contribution < 1.29 is 4.79 Å². The van der Waals surface area contributed by atoms with Crippen LogP contribution in [0.1, 0.15) is 70.6 Å². The van der Waals surface area contributed by atoms with Crippen molar-refractivity contribution in [3.63, 3.8) is 0 Å². The molecular weight excluding hydrogens is 302 g/mol. The molecule has 1 saturated heterocycles. The van der Waals surface area contributed by atoms with Gasteiger partial charge in [0, 0.05) is 24.8 Å². The number of alkyl halides is 1. The number of hydrogen-bond acceptors (Lipinski definition) is 1. The molecule has 2 rings (SSSR count). The SMILES string of the molecule is O=C1CCCCCCN1CC1(CBr)CCCCCC1. The summed E-state index contributed by atoms with van der Waals surface area (Å²) >= 11 is 3.75. The second-order valence-electron chi connectivity index (χ2n) is 6.53. The Balaban J connectivity index is 1.99. The summed E-state index contributed by atoms with van der Waals surface area (Å²) in [5, 5.41) is 1.06. The number of hydrogen-bond donors (Lipinski definition) is 0. The predicted molar refractivity (Wildman–Crippen MR) is 83.6 cm³/mol. The number of halogens is 1. The van der Waals surface area contributed by atoms with Gasteiger partial charge in [-0.2, -0.15) is 0 Å². The zero-order valence-electron chi connectivity index (χ0n) is 12.1. The molecule has 1 saturated carbocycles. The van der Waals surface area contributed by atoms with Crippen LogP contribution >= 0.6 is 15.9 Å². The van der Waals surface area contributed by atoms with Gasteiger partial charge < -0.3 is 4.90 Å². The number of likely N-dealkylation sites (tertiary alicyclic amines) is 1. The molecule has 2 fully saturated rings. The average molecular weight is 330 g/mol. The summed E-state index contributed by atoms with van der Waals surface area (Å²) in [6, 6.07) is 0. The number of nitrogens with zero attached hydrogens (tertiary/aromatic N) is 1. The molecule has 1 heterocycles. The van der Waals surface area contributed by atoms with E-state index >= 15 is 0 Å². The van der Waals surface area contributed by atoms with E-state index < -0.39 is 0 Å². The summed E-state index contributed by atoms with van der Waals surface area (Å²) in [7, 11) is 0. The van der Waals surface area contributed by atoms with Crippen LogP contribution in [0.3, 0.4) is 0 Å². The van der Waals surface area contributed by atoms with Crippen molar-refractivity contribution in [1.82, 2.24) is 4.90 Å². The molecule has 3 heteroatoms. The summed E-state index contributed by atoms with van der Waals surface area (Å²) in [4.78, 5) is 14.5. The van der Waals surface area contributed by atoms with E-state index in [2.05, 4.69) is 20.8 Å². The van der Waals surface area contributed by atoms with E-state index in [4.69, 9.17) is 0 Å². The molecule has 2 nitrogen and oxygen atoms in total. The number of rotatable bonds is 3. The average Bonchev–Trinajstić information content (AvgIpc) is 2.65. The Hall–Kier alpha value is -0.0500. The third kappa shape index (κ3) is 4.47. The molecule has 0 aromatic carbocycles. The largest absolute Gasteiger partial charge is 0.342 e. The fourth-order valence-corrected chi connectivity index (χ4v) is 4.34. The van der Waals surface area contributed by atoms with Gasteiger partial charge in [-0.05, 0) is 31.1 Å². The first-order chi connectivity index (χ1) is 9.26. The highest BCUT2D eigenvalue weighted by Gasteiger charge is 2.33. The van der Waals surface area contributed by atoms with Crippen molar-refractivity contribution in [1.29, 1.82) is 0 Å². The third-order valence-corrected chi connectivity index (χ3v) is 6.08. The van der Waals surface area contributed by atoms with Crippen LogP contribution in [-0.4, -0.2) is 29.2 Å². The van der Waals surface area contributed by atoms with Crippen molar-refractivity contribution in [2.45, 2.75) is 70.6 Å². The molecule has 110 valence electrons. The van der Waals surface area contributed by atoms with Crippen LogP contribution in [0.2, 0.25) is 0 Å². The van der Waals surface area contributed by atoms with E-state index in [0.29, 0.717) is 11.3 Å². The highest BCUT2D eigenvalue weighted by molar-refractivity contribution is 9.09. The van der Waals surface area contributed by atoms with E-state index in [0.717, 1.165) is 31.3 Å². The fourth-order valence-electron chi connectivity index (χ4n) is 3.60. The second kappa shape index (κ2) is 7.66. The smallest absolute Gasteiger partial charge is 0.222 e. The van der Waals surface area contributed by atoms with Crippen LogP contribution in [0, 0.1) is 5.41 Å². The topological polar surface area (TPSA) is 20.3 Å². The predicted octanol–water partition coefficient (Wildman–Crippen LogP) is 4.51. The first-order valence-corrected chi connectivity index (χ1v) is 9.22. The maximum Gasteiger partial charge on any atom is 0.222 e. The molecule has 0 bridgehead atoms. The normalized spacial score (nSPS) is 25.5. The first kappa shape index (κ1) is 15.3. The summed E-state index contributed by atoms with van der Waals surface area (Å²) in [6.07, 6.45) is 13.6. The van der Waals surface area contributed by atoms with Gasteiger partial charge in [0.25, 0.3) is 0 Å². The molecule has 2 aliphatic rings. The molecule has 19 heavy (non-hydrogen) atoms. The van der Waals surface area contributed by atoms with Gasteiger partial charge in [-0.25, -0.2) is 0 Å². The maximum atomic E-state index is 12.3. The van der Waals surface area contributed by atoms with Crippen LogP contribution in [-0.2, 0) is 4.79 Å². The fraction of sp³-hybridized carbons (Fsp3) is 0.938. The third-order valence-electron chi connectivity index (χ3n) is 4.90. The van der Waals surface area contributed by atoms with Gasteiger partial charge in [0.15, 0.2) is 0 Å². The molecule has 1 aliphatic heterocycles. The van der Waals surface area contributed by atoms with Crippen molar-refractivity contribution >= 4 is 21.8 Å². The molecular formula is C16H28BrNO. The summed E-state index contributed by atoms with van der Waals surface area (Å²) in [6.45, 7) is 1.99. The minimum absolute atomic E-state index is 0.353. The maximum absolute atomic E-state index is 12.3. The van der Waals surface area contributed by atoms with Crippen LogP contribution < -0.4 is 0 Å². The van der Waals surface area contributed by atoms with E-state index in [1.165, 1.54) is 57.8 Å². The molecule has 1 aliphatic carbocycles. The Labute approximate surface area is 126 Å². The Kier molecular flexibility index (Phi) is 6.18. The zero-order valence-corrected chi connectivity index (χ0v) is 13.7. The van der Waals surface area contributed by atoms with Crippen LogP contribution in [0.25, 0.3) is 0 Å². The minimum Gasteiger partial charge on any atom is -0.342 e. The minimum atomic E-state index is 0.353. The van der Waals surface area contributed by atoms with Crippen LogP contribution in [0.5, 0.6) is 0 Å². The van der Waals surface area contributed by atoms with Gasteiger partial charge >= 0.3 is 0 Å². The molecule has 0 spiro atoms. The van der Waals surface area contributed by atoms with E-state index in [9.17, 15) is 4.79 Å². The van der Waals surface area contributed by atoms with E-state index in [1.807, 2.05) is 0 Å². The molecule has 0 N–H and O–H groups in total. The molecule has 0 atom stereocenters. The monoisotopic (exact) mass is 329 g/mol. The summed E-state index contributed by atoms with van der Waals surface area (Å²) in [5.74, 6) is 0.407. The highest BCUT2D eigenvalue weighted by atomic mass is 79.9. The number of carbonyl (C=O) groups is 1. The molecule has 0 aromatic rings. The zero-order chi connectivity index (χ0) is 13.6. The van der Waals surface area contributed by atoms with Crippen molar-refractivity contribution in [2.75, 3.05) is 18.4 Å². The lowest BCUT2D eigenvalue weighted by atomic mass is 9.81. The van der Waals surface area contributed by atoms with Gasteiger partial charge in [-0.3, -0.25) is 4.79 Å². The lowest BCUT2D eigenvalue weighted by Crippen LogP contribution is -2.43. The van der Waals surface area contributed by atoms with Gasteiger partial charge in [0.2, 0.25) is 5.91 Å². The van der Waals surface area contributed by atoms with E-state index in [1.54, 1.807) is 0 Å². The van der Waals surface area contributed by atoms with Crippen LogP contribution in [0.4, 0.5) is 0 Å². The Bertz CT molecular complexity index is 284. The van der Waals surface area contributed by atoms with Crippen LogP contribution in [0.15, 0.2) is 0 Å². The number of carbonyl (C=O) groups excluding carboxylic acids is 1. The van der Waals surface area contributed by atoms with Crippen molar-refractivity contribution in [2.24, 2.45) is 5.41 Å². The van der Waals surface area contributed by atoms with Gasteiger partial charge in [-0.1, -0.05) is 54.5 Å². The first-order valence-electron chi connectivity index (χ1n) is 8.10. The van der Waals surface area contributed by atoms with Gasteiger partial charge in [-0.15, -0.1) is 0 Å². The standard InChI is InChI=1S/C16H28BrNO/c17-13-16(10-6-2-3-7-11-16)14-18-12-8-4-1-5-9-15(18)19/h1-14H2. The van der Waals surface area contributed by atoms with Crippen molar-refractivity contribution in [3.05, 3.63) is 0 Å². The summed E-state index contributed by atoms with van der Waals surface area (Å²) in [5.41, 5.74) is 0.353. The number of amides is 1. The molecule has 0 unspecified atom stereocenters. The molecule has 0 radical (unpaired) electrons. The van der Waals surface area contributed by atoms with E-state index in [-0.39, 0.29) is 0 Å². The Morgan fingerprint density at radius 2 is 1.58 bits per heavy atom. The molecule has 1 amide bonds. The van der Waals surface area contributed by atoms with Gasteiger partial charge in [0.1, 0.15) is 0 Å². The van der Waals surface area contributed by atoms with Gasteiger partial charge in [0.05, 0.1) is 0 Å². The Morgan fingerprint density at radius 1 is 0.947 bits per heavy atom. The molecule has 0 aromatic heterocycles. The Morgan fingerprint density at radius 3 is 2.26 bits per heavy atom. The lowest BCUT2D eigenvalue weighted by Gasteiger charge is -2.37. The van der Waals surface area contributed by atoms with Crippen molar-refractivity contribution in [3.8, 4) is 0 Å². The lowest BCUT2D eigenvalue weighted by molar-refractivity contribution is -0.133. The second-order valence-corrected chi connectivity index (χ2v) is 7.09. The quantitative estimate of drug-likeness (QED) is 0.550. The highest BCUT2D eigenvalue weighted by Crippen LogP contribution is 2.37. The summed E-state index contributed by atoms with van der Waals surface area (Å²) < 4.78 is 0.